The smallest absolute Gasteiger partial charge is 0.202 e. The van der Waals surface area contributed by atoms with Crippen molar-refractivity contribution in [3.8, 4) is 28.6 Å². The molecular weight excluding hydrogens is 492 g/mol. The summed E-state index contributed by atoms with van der Waals surface area (Å²) in [7, 11) is 0. The van der Waals surface area contributed by atoms with Crippen molar-refractivity contribution < 1.29 is 4.74 Å². The molecule has 3 aromatic heterocycles. The fourth-order valence-electron chi connectivity index (χ4n) is 6.44. The molecule has 1 aliphatic carbocycles. The molecule has 1 atom stereocenters. The van der Waals surface area contributed by atoms with E-state index in [0.717, 1.165) is 51.9 Å². The summed E-state index contributed by atoms with van der Waals surface area (Å²) in [4.78, 5) is 5.06. The SMILES string of the molecule is C1=CCC2C(=C1)Oc1cc3c4ccccc4n(-c4ccc(-c5nc6ccccc6n5-c5ccccc5)cc4)c3n12. The summed E-state index contributed by atoms with van der Waals surface area (Å²) in [6.07, 6.45) is 7.33. The van der Waals surface area contributed by atoms with E-state index in [0.29, 0.717) is 0 Å². The summed E-state index contributed by atoms with van der Waals surface area (Å²) in [5, 5.41) is 2.45. The van der Waals surface area contributed by atoms with Gasteiger partial charge in [-0.25, -0.2) is 4.98 Å². The first-order valence-electron chi connectivity index (χ1n) is 13.7. The molecule has 1 aliphatic heterocycles. The molecule has 9 rings (SSSR count). The van der Waals surface area contributed by atoms with Gasteiger partial charge in [0.1, 0.15) is 17.2 Å². The van der Waals surface area contributed by atoms with Crippen molar-refractivity contribution >= 4 is 33.0 Å². The molecule has 190 valence electrons. The zero-order valence-corrected chi connectivity index (χ0v) is 21.6. The van der Waals surface area contributed by atoms with Crippen LogP contribution in [0.2, 0.25) is 0 Å². The van der Waals surface area contributed by atoms with Gasteiger partial charge in [0.2, 0.25) is 5.88 Å². The molecule has 0 radical (unpaired) electrons. The third kappa shape index (κ3) is 2.94. The minimum atomic E-state index is 0.186. The van der Waals surface area contributed by atoms with E-state index in [4.69, 9.17) is 9.72 Å². The zero-order valence-electron chi connectivity index (χ0n) is 21.6. The van der Waals surface area contributed by atoms with E-state index in [-0.39, 0.29) is 6.04 Å². The standard InChI is InChI=1S/C35H24N4O/c1-2-10-24(11-3-1)37-30-15-7-5-13-28(30)36-34(37)23-18-20-25(21-19-23)38-29-14-6-4-12-26(29)27-22-33-39(35(27)38)31-16-8-9-17-32(31)40-33/h1-15,17-22,31H,16H2. The lowest BCUT2D eigenvalue weighted by atomic mass is 10.1. The van der Waals surface area contributed by atoms with Gasteiger partial charge < -0.3 is 4.74 Å². The largest absolute Gasteiger partial charge is 0.443 e. The van der Waals surface area contributed by atoms with Gasteiger partial charge in [0, 0.05) is 33.8 Å². The summed E-state index contributed by atoms with van der Waals surface area (Å²) in [6.45, 7) is 0. The van der Waals surface area contributed by atoms with Crippen molar-refractivity contribution in [3.05, 3.63) is 133 Å². The normalized spacial score (nSPS) is 15.9. The highest BCUT2D eigenvalue weighted by Crippen LogP contribution is 2.46. The van der Waals surface area contributed by atoms with Crippen molar-refractivity contribution in [2.45, 2.75) is 12.5 Å². The summed E-state index contributed by atoms with van der Waals surface area (Å²) < 4.78 is 13.3. The Bertz CT molecular complexity index is 2160. The molecule has 7 aromatic rings. The monoisotopic (exact) mass is 516 g/mol. The summed E-state index contributed by atoms with van der Waals surface area (Å²) in [5.41, 5.74) is 7.73. The highest BCUT2D eigenvalue weighted by molar-refractivity contribution is 6.09. The van der Waals surface area contributed by atoms with Gasteiger partial charge in [-0.15, -0.1) is 0 Å². The lowest BCUT2D eigenvalue weighted by Crippen LogP contribution is -2.09. The molecule has 0 bridgehead atoms. The highest BCUT2D eigenvalue weighted by atomic mass is 16.5. The number of ether oxygens (including phenoxy) is 1. The Kier molecular flexibility index (Phi) is 4.38. The average Bonchev–Trinajstić information content (AvgIpc) is 3.75. The molecule has 0 saturated heterocycles. The Hall–Kier alpha value is -5.29. The number of imidazole rings is 1. The Morgan fingerprint density at radius 3 is 2.33 bits per heavy atom. The second-order valence-corrected chi connectivity index (χ2v) is 10.4. The molecular formula is C35H24N4O. The molecule has 0 amide bonds. The lowest BCUT2D eigenvalue weighted by molar-refractivity contribution is 0.425. The molecule has 5 heteroatoms. The van der Waals surface area contributed by atoms with Crippen molar-refractivity contribution in [1.29, 1.82) is 0 Å². The second-order valence-electron chi connectivity index (χ2n) is 10.4. The van der Waals surface area contributed by atoms with Crippen molar-refractivity contribution in [1.82, 2.24) is 18.7 Å². The molecule has 2 aliphatic rings. The quantitative estimate of drug-likeness (QED) is 0.237. The fraction of sp³-hybridized carbons (Fsp3) is 0.0571. The van der Waals surface area contributed by atoms with Crippen LogP contribution in [0, 0.1) is 0 Å². The van der Waals surface area contributed by atoms with Gasteiger partial charge in [0.05, 0.1) is 22.6 Å². The number of nitrogens with zero attached hydrogens (tertiary/aromatic N) is 4. The van der Waals surface area contributed by atoms with Crippen LogP contribution in [0.25, 0.3) is 55.7 Å². The van der Waals surface area contributed by atoms with E-state index in [1.165, 1.54) is 21.9 Å². The molecule has 0 N–H and O–H groups in total. The van der Waals surface area contributed by atoms with Crippen molar-refractivity contribution in [2.75, 3.05) is 0 Å². The van der Waals surface area contributed by atoms with Crippen LogP contribution in [-0.4, -0.2) is 18.7 Å². The van der Waals surface area contributed by atoms with Gasteiger partial charge in [0.15, 0.2) is 0 Å². The number of fused-ring (bicyclic) bond motifs is 8. The van der Waals surface area contributed by atoms with Gasteiger partial charge in [-0.3, -0.25) is 13.7 Å². The predicted molar refractivity (Wildman–Crippen MR) is 160 cm³/mol. The third-order valence-corrected chi connectivity index (χ3v) is 8.20. The first-order valence-corrected chi connectivity index (χ1v) is 13.7. The molecule has 0 fully saturated rings. The van der Waals surface area contributed by atoms with Crippen LogP contribution in [0.15, 0.2) is 133 Å². The molecule has 1 unspecified atom stereocenters. The van der Waals surface area contributed by atoms with Gasteiger partial charge in [-0.1, -0.05) is 60.7 Å². The van der Waals surface area contributed by atoms with Gasteiger partial charge in [-0.2, -0.15) is 0 Å². The van der Waals surface area contributed by atoms with Crippen LogP contribution in [0.1, 0.15) is 12.5 Å². The molecule has 4 aromatic carbocycles. The number of rotatable bonds is 3. The van der Waals surface area contributed by atoms with E-state index in [1.807, 2.05) is 12.1 Å². The number of aromatic nitrogens is 4. The van der Waals surface area contributed by atoms with E-state index in [9.17, 15) is 0 Å². The molecule has 5 nitrogen and oxygen atoms in total. The summed E-state index contributed by atoms with van der Waals surface area (Å²) in [5.74, 6) is 2.87. The average molecular weight is 517 g/mol. The first kappa shape index (κ1) is 21.6. The Morgan fingerprint density at radius 1 is 0.700 bits per heavy atom. The van der Waals surface area contributed by atoms with Crippen LogP contribution in [0.5, 0.6) is 5.88 Å². The van der Waals surface area contributed by atoms with E-state index in [2.05, 4.69) is 129 Å². The Morgan fingerprint density at radius 2 is 1.45 bits per heavy atom. The van der Waals surface area contributed by atoms with E-state index >= 15 is 0 Å². The van der Waals surface area contributed by atoms with Crippen LogP contribution in [0.3, 0.4) is 0 Å². The third-order valence-electron chi connectivity index (χ3n) is 8.20. The van der Waals surface area contributed by atoms with Crippen molar-refractivity contribution in [3.63, 3.8) is 0 Å². The highest BCUT2D eigenvalue weighted by Gasteiger charge is 2.34. The summed E-state index contributed by atoms with van der Waals surface area (Å²) in [6, 6.07) is 38.6. The summed E-state index contributed by atoms with van der Waals surface area (Å²) >= 11 is 0. The van der Waals surface area contributed by atoms with Crippen molar-refractivity contribution in [2.24, 2.45) is 0 Å². The van der Waals surface area contributed by atoms with Gasteiger partial charge >= 0.3 is 0 Å². The first-order chi connectivity index (χ1) is 19.8. The topological polar surface area (TPSA) is 36.9 Å². The van der Waals surface area contributed by atoms with E-state index < -0.39 is 0 Å². The fourth-order valence-corrected chi connectivity index (χ4v) is 6.44. The Balaban J connectivity index is 1.24. The van der Waals surface area contributed by atoms with Crippen LogP contribution in [-0.2, 0) is 0 Å². The minimum absolute atomic E-state index is 0.186. The van der Waals surface area contributed by atoms with E-state index in [1.54, 1.807) is 0 Å². The lowest BCUT2D eigenvalue weighted by Gasteiger charge is -2.16. The van der Waals surface area contributed by atoms with Gasteiger partial charge in [-0.05, 0) is 67.1 Å². The number of hydrogen-bond donors (Lipinski definition) is 0. The van der Waals surface area contributed by atoms with Gasteiger partial charge in [0.25, 0.3) is 0 Å². The van der Waals surface area contributed by atoms with Crippen LogP contribution in [0.4, 0.5) is 0 Å². The molecule has 40 heavy (non-hydrogen) atoms. The van der Waals surface area contributed by atoms with Crippen LogP contribution < -0.4 is 4.74 Å². The van der Waals surface area contributed by atoms with Crippen LogP contribution >= 0.6 is 0 Å². The maximum Gasteiger partial charge on any atom is 0.202 e. The minimum Gasteiger partial charge on any atom is -0.443 e. The zero-order chi connectivity index (χ0) is 26.2. The number of hydrogen-bond acceptors (Lipinski definition) is 2. The Labute approximate surface area is 230 Å². The molecule has 0 spiro atoms. The maximum atomic E-state index is 6.30. The number of benzene rings is 4. The maximum absolute atomic E-state index is 6.30. The number of allylic oxidation sites excluding steroid dienone is 4. The number of para-hydroxylation sites is 4. The predicted octanol–water partition coefficient (Wildman–Crippen LogP) is 8.37. The molecule has 0 saturated carbocycles. The molecule has 4 heterocycles. The second kappa shape index (κ2) is 8.10.